The summed E-state index contributed by atoms with van der Waals surface area (Å²) in [7, 11) is 0. The lowest BCUT2D eigenvalue weighted by Crippen LogP contribution is -2.07. The van der Waals surface area contributed by atoms with Gasteiger partial charge >= 0.3 is 5.97 Å². The third-order valence-electron chi connectivity index (χ3n) is 4.13. The fourth-order valence-electron chi connectivity index (χ4n) is 2.46. The van der Waals surface area contributed by atoms with Gasteiger partial charge in [0.2, 0.25) is 0 Å². The number of ether oxygens (including phenoxy) is 1. The molecule has 0 radical (unpaired) electrons. The van der Waals surface area contributed by atoms with Gasteiger partial charge in [0.25, 0.3) is 0 Å². The van der Waals surface area contributed by atoms with Gasteiger partial charge in [-0.1, -0.05) is 29.8 Å². The molecule has 2 aromatic heterocycles. The SMILES string of the molecule is Cc1ccc(-c2nc(COC(=O)c3ccc(NC4CC4)nc3)cs2)cc1. The van der Waals surface area contributed by atoms with Crippen LogP contribution in [0.25, 0.3) is 10.6 Å². The minimum atomic E-state index is -0.389. The maximum absolute atomic E-state index is 12.2. The number of hydrogen-bond donors (Lipinski definition) is 1. The number of aromatic nitrogens is 2. The van der Waals surface area contributed by atoms with Gasteiger partial charge in [0.05, 0.1) is 11.3 Å². The highest BCUT2D eigenvalue weighted by atomic mass is 32.1. The van der Waals surface area contributed by atoms with Crippen LogP contribution in [0.1, 0.15) is 34.5 Å². The van der Waals surface area contributed by atoms with Crippen molar-refractivity contribution in [3.63, 3.8) is 0 Å². The molecule has 0 spiro atoms. The van der Waals surface area contributed by atoms with E-state index in [9.17, 15) is 4.79 Å². The number of hydrogen-bond acceptors (Lipinski definition) is 6. The Morgan fingerprint density at radius 3 is 2.73 bits per heavy atom. The normalized spacial score (nSPS) is 13.4. The molecular weight excluding hydrogens is 346 g/mol. The second kappa shape index (κ2) is 7.25. The van der Waals surface area contributed by atoms with Crippen LogP contribution in [0, 0.1) is 6.92 Å². The third kappa shape index (κ3) is 4.08. The Morgan fingerprint density at radius 1 is 1.23 bits per heavy atom. The first kappa shape index (κ1) is 16.7. The van der Waals surface area contributed by atoms with Crippen LogP contribution in [0.3, 0.4) is 0 Å². The minimum Gasteiger partial charge on any atom is -0.456 e. The first-order valence-electron chi connectivity index (χ1n) is 8.58. The number of aryl methyl sites for hydroxylation is 1. The van der Waals surface area contributed by atoms with E-state index < -0.39 is 0 Å². The van der Waals surface area contributed by atoms with Crippen molar-refractivity contribution in [2.24, 2.45) is 0 Å². The molecule has 0 unspecified atom stereocenters. The molecule has 4 rings (SSSR count). The van der Waals surface area contributed by atoms with Crippen LogP contribution in [-0.2, 0) is 11.3 Å². The zero-order chi connectivity index (χ0) is 17.9. The van der Waals surface area contributed by atoms with Crippen LogP contribution in [0.5, 0.6) is 0 Å². The summed E-state index contributed by atoms with van der Waals surface area (Å²) in [5.41, 5.74) is 3.48. The lowest BCUT2D eigenvalue weighted by molar-refractivity contribution is 0.0468. The number of thiazole rings is 1. The molecule has 1 saturated carbocycles. The van der Waals surface area contributed by atoms with Crippen LogP contribution in [0.2, 0.25) is 0 Å². The van der Waals surface area contributed by atoms with E-state index in [0.29, 0.717) is 11.6 Å². The maximum Gasteiger partial charge on any atom is 0.340 e. The number of nitrogens with zero attached hydrogens (tertiary/aromatic N) is 2. The van der Waals surface area contributed by atoms with Crippen molar-refractivity contribution in [1.82, 2.24) is 9.97 Å². The molecule has 1 aliphatic rings. The number of nitrogens with one attached hydrogen (secondary N) is 1. The summed E-state index contributed by atoms with van der Waals surface area (Å²) in [5.74, 6) is 0.409. The van der Waals surface area contributed by atoms with Gasteiger partial charge in [-0.2, -0.15) is 0 Å². The summed E-state index contributed by atoms with van der Waals surface area (Å²) < 4.78 is 5.36. The predicted molar refractivity (Wildman–Crippen MR) is 102 cm³/mol. The van der Waals surface area contributed by atoms with E-state index in [0.717, 1.165) is 22.1 Å². The van der Waals surface area contributed by atoms with Crippen LogP contribution in [0.15, 0.2) is 48.0 Å². The summed E-state index contributed by atoms with van der Waals surface area (Å²) in [6.07, 6.45) is 3.92. The molecule has 0 aliphatic heterocycles. The molecule has 1 fully saturated rings. The fourth-order valence-corrected chi connectivity index (χ4v) is 3.27. The van der Waals surface area contributed by atoms with E-state index in [2.05, 4.69) is 34.3 Å². The molecule has 1 N–H and O–H groups in total. The lowest BCUT2D eigenvalue weighted by atomic mass is 10.2. The average Bonchev–Trinajstić information content (AvgIpc) is 3.35. The minimum absolute atomic E-state index is 0.156. The Balaban J connectivity index is 1.34. The second-order valence-electron chi connectivity index (χ2n) is 6.44. The van der Waals surface area contributed by atoms with Gasteiger partial charge in [-0.25, -0.2) is 14.8 Å². The first-order chi connectivity index (χ1) is 12.7. The van der Waals surface area contributed by atoms with Gasteiger partial charge in [0, 0.05) is 23.2 Å². The van der Waals surface area contributed by atoms with E-state index >= 15 is 0 Å². The van der Waals surface area contributed by atoms with Crippen LogP contribution >= 0.6 is 11.3 Å². The first-order valence-corrected chi connectivity index (χ1v) is 9.46. The molecule has 0 amide bonds. The van der Waals surface area contributed by atoms with Crippen molar-refractivity contribution < 1.29 is 9.53 Å². The summed E-state index contributed by atoms with van der Waals surface area (Å²) in [6, 6.07) is 12.3. The molecule has 3 aromatic rings. The molecule has 0 bridgehead atoms. The summed E-state index contributed by atoms with van der Waals surface area (Å²) in [5, 5.41) is 6.13. The van der Waals surface area contributed by atoms with Gasteiger partial charge in [-0.15, -0.1) is 11.3 Å². The molecule has 1 aliphatic carbocycles. The Kier molecular flexibility index (Phi) is 4.67. The number of pyridine rings is 1. The molecule has 1 aromatic carbocycles. The van der Waals surface area contributed by atoms with Crippen molar-refractivity contribution in [1.29, 1.82) is 0 Å². The highest BCUT2D eigenvalue weighted by Gasteiger charge is 2.21. The lowest BCUT2D eigenvalue weighted by Gasteiger charge is -2.05. The maximum atomic E-state index is 12.2. The van der Waals surface area contributed by atoms with Crippen LogP contribution < -0.4 is 5.32 Å². The highest BCUT2D eigenvalue weighted by molar-refractivity contribution is 7.13. The summed E-state index contributed by atoms with van der Waals surface area (Å²) >= 11 is 1.55. The number of esters is 1. The van der Waals surface area contributed by atoms with E-state index in [1.165, 1.54) is 18.4 Å². The fraction of sp³-hybridized carbons (Fsp3) is 0.250. The molecule has 0 atom stereocenters. The number of benzene rings is 1. The number of rotatable bonds is 6. The second-order valence-corrected chi connectivity index (χ2v) is 7.29. The Bertz CT molecular complexity index is 900. The van der Waals surface area contributed by atoms with Gasteiger partial charge in [-0.3, -0.25) is 0 Å². The van der Waals surface area contributed by atoms with Crippen molar-refractivity contribution in [2.45, 2.75) is 32.4 Å². The topological polar surface area (TPSA) is 64.1 Å². The van der Waals surface area contributed by atoms with Crippen molar-refractivity contribution >= 4 is 23.1 Å². The molecule has 132 valence electrons. The van der Waals surface area contributed by atoms with E-state index in [-0.39, 0.29) is 12.6 Å². The Labute approximate surface area is 156 Å². The Morgan fingerprint density at radius 2 is 2.04 bits per heavy atom. The molecule has 6 heteroatoms. The summed E-state index contributed by atoms with van der Waals surface area (Å²) in [4.78, 5) is 21.0. The Hall–Kier alpha value is -2.73. The quantitative estimate of drug-likeness (QED) is 0.654. The van der Waals surface area contributed by atoms with Crippen LogP contribution in [-0.4, -0.2) is 22.0 Å². The monoisotopic (exact) mass is 365 g/mol. The third-order valence-corrected chi connectivity index (χ3v) is 5.07. The smallest absolute Gasteiger partial charge is 0.340 e. The van der Waals surface area contributed by atoms with Gasteiger partial charge in [0.15, 0.2) is 0 Å². The van der Waals surface area contributed by atoms with Crippen molar-refractivity contribution in [2.75, 3.05) is 5.32 Å². The zero-order valence-corrected chi connectivity index (χ0v) is 15.3. The predicted octanol–water partition coefficient (Wildman–Crippen LogP) is 4.44. The van der Waals surface area contributed by atoms with Gasteiger partial charge in [0.1, 0.15) is 17.4 Å². The van der Waals surface area contributed by atoms with E-state index in [1.807, 2.05) is 23.6 Å². The molecule has 26 heavy (non-hydrogen) atoms. The molecule has 5 nitrogen and oxygen atoms in total. The van der Waals surface area contributed by atoms with Crippen LogP contribution in [0.4, 0.5) is 5.82 Å². The molecular formula is C20H19N3O2S. The van der Waals surface area contributed by atoms with Crippen molar-refractivity contribution in [3.05, 3.63) is 64.8 Å². The number of carbonyl (C=O) groups is 1. The van der Waals surface area contributed by atoms with E-state index in [1.54, 1.807) is 23.6 Å². The van der Waals surface area contributed by atoms with Gasteiger partial charge < -0.3 is 10.1 Å². The zero-order valence-electron chi connectivity index (χ0n) is 14.4. The van der Waals surface area contributed by atoms with Gasteiger partial charge in [-0.05, 0) is 31.9 Å². The molecule has 2 heterocycles. The average molecular weight is 365 g/mol. The number of anilines is 1. The summed E-state index contributed by atoms with van der Waals surface area (Å²) in [6.45, 7) is 2.21. The largest absolute Gasteiger partial charge is 0.456 e. The number of carbonyl (C=O) groups excluding carboxylic acids is 1. The van der Waals surface area contributed by atoms with Crippen molar-refractivity contribution in [3.8, 4) is 10.6 Å². The van der Waals surface area contributed by atoms with E-state index in [4.69, 9.17) is 4.74 Å². The molecule has 0 saturated heterocycles. The highest BCUT2D eigenvalue weighted by Crippen LogP contribution is 2.25. The standard InChI is InChI=1S/C20H19N3O2S/c1-13-2-4-14(5-3-13)19-23-17(12-26-19)11-25-20(24)15-6-9-18(21-10-15)22-16-7-8-16/h2-6,9-10,12,16H,7-8,11H2,1H3,(H,21,22).